The lowest BCUT2D eigenvalue weighted by atomic mass is 10.0. The summed E-state index contributed by atoms with van der Waals surface area (Å²) in [7, 11) is 0. The number of hydrogen-bond donors (Lipinski definition) is 0. The van der Waals surface area contributed by atoms with Gasteiger partial charge in [-0.15, -0.1) is 0 Å². The van der Waals surface area contributed by atoms with Crippen LogP contribution in [-0.4, -0.2) is 34.1 Å². The molecule has 7 nitrogen and oxygen atoms in total. The molecule has 0 saturated carbocycles. The van der Waals surface area contributed by atoms with Gasteiger partial charge in [0.15, 0.2) is 5.82 Å². The molecule has 0 aliphatic carbocycles. The second-order valence-electron chi connectivity index (χ2n) is 16.5. The fraction of sp³-hybridized carbons (Fsp3) is 0. The van der Waals surface area contributed by atoms with E-state index < -0.39 is 0 Å². The molecule has 13 rings (SSSR count). The topological polar surface area (TPSA) is 66.3 Å². The fourth-order valence-corrected chi connectivity index (χ4v) is 9.44. The minimum atomic E-state index is 0.662. The molecule has 4 heterocycles. The maximum Gasteiger partial charge on any atom is 0.160 e. The Labute approximate surface area is 373 Å². The van der Waals surface area contributed by atoms with Crippen LogP contribution in [0.3, 0.4) is 0 Å². The van der Waals surface area contributed by atoms with Gasteiger partial charge >= 0.3 is 0 Å². The van der Waals surface area contributed by atoms with Gasteiger partial charge in [-0.1, -0.05) is 133 Å². The van der Waals surface area contributed by atoms with Crippen LogP contribution in [0.5, 0.6) is 0 Å². The molecule has 0 amide bonds. The molecule has 0 N–H and O–H groups in total. The normalized spacial score (nSPS) is 11.7. The highest BCUT2D eigenvalue weighted by molar-refractivity contribution is 6.19. The van der Waals surface area contributed by atoms with Crippen LogP contribution in [0.2, 0.25) is 0 Å². The van der Waals surface area contributed by atoms with Gasteiger partial charge < -0.3 is 4.57 Å². The zero-order valence-corrected chi connectivity index (χ0v) is 35.0. The largest absolute Gasteiger partial charge is 0.308 e. The van der Waals surface area contributed by atoms with Crippen molar-refractivity contribution in [2.24, 2.45) is 0 Å². The van der Waals surface area contributed by atoms with E-state index in [1.807, 2.05) is 47.4 Å². The SMILES string of the molecule is c1ccc(-c2cc(-c3ccccc3)nc(-c3cccc(-n4c5ccc(-c6ccc7c(cnn7-c7ccccc7)c6)cc5c5ccc6c(cnn6-c6ccc7ccccc7c6)c54)c3)n2)cc1. The number of benzene rings is 9. The van der Waals surface area contributed by atoms with Gasteiger partial charge in [-0.25, -0.2) is 19.3 Å². The predicted octanol–water partition coefficient (Wildman–Crippen LogP) is 14.1. The molecule has 0 aliphatic heterocycles. The molecule has 0 aliphatic rings. The quantitative estimate of drug-likeness (QED) is 0.160. The van der Waals surface area contributed by atoms with Crippen molar-refractivity contribution in [2.45, 2.75) is 0 Å². The van der Waals surface area contributed by atoms with E-state index in [-0.39, 0.29) is 0 Å². The van der Waals surface area contributed by atoms with Gasteiger partial charge in [-0.05, 0) is 101 Å². The van der Waals surface area contributed by atoms with Gasteiger partial charge in [0.05, 0.1) is 57.2 Å². The van der Waals surface area contributed by atoms with Gasteiger partial charge in [-0.3, -0.25) is 0 Å². The average Bonchev–Trinajstić information content (AvgIpc) is 4.11. The lowest BCUT2D eigenvalue weighted by Gasteiger charge is -2.13. The van der Waals surface area contributed by atoms with Crippen molar-refractivity contribution < 1.29 is 0 Å². The number of para-hydroxylation sites is 1. The van der Waals surface area contributed by atoms with Crippen molar-refractivity contribution in [3.05, 3.63) is 225 Å². The summed E-state index contributed by atoms with van der Waals surface area (Å²) >= 11 is 0. The van der Waals surface area contributed by atoms with Crippen LogP contribution in [0.15, 0.2) is 225 Å². The van der Waals surface area contributed by atoms with Gasteiger partial charge in [0, 0.05) is 43.9 Å². The fourth-order valence-electron chi connectivity index (χ4n) is 9.44. The third kappa shape index (κ3) is 6.20. The first kappa shape index (κ1) is 36.7. The number of fused-ring (bicyclic) bond motifs is 7. The molecule has 13 aromatic rings. The number of hydrogen-bond acceptors (Lipinski definition) is 4. The van der Waals surface area contributed by atoms with Crippen LogP contribution < -0.4 is 0 Å². The van der Waals surface area contributed by atoms with Crippen molar-refractivity contribution in [3.63, 3.8) is 0 Å². The minimum absolute atomic E-state index is 0.662. The molecular weight excluding hydrogens is 795 g/mol. The Hall–Kier alpha value is -8.94. The second-order valence-corrected chi connectivity index (χ2v) is 16.5. The predicted molar refractivity (Wildman–Crippen MR) is 265 cm³/mol. The maximum atomic E-state index is 5.20. The first-order valence-corrected chi connectivity index (χ1v) is 21.8. The Balaban J connectivity index is 1.01. The van der Waals surface area contributed by atoms with E-state index >= 15 is 0 Å². The van der Waals surface area contributed by atoms with E-state index in [4.69, 9.17) is 20.2 Å². The zero-order valence-electron chi connectivity index (χ0n) is 35.0. The second kappa shape index (κ2) is 14.9. The zero-order chi connectivity index (χ0) is 42.8. The van der Waals surface area contributed by atoms with Gasteiger partial charge in [0.2, 0.25) is 0 Å². The van der Waals surface area contributed by atoms with Crippen LogP contribution in [0, 0.1) is 0 Å². The molecule has 0 radical (unpaired) electrons. The molecule has 0 fully saturated rings. The van der Waals surface area contributed by atoms with Crippen molar-refractivity contribution in [2.75, 3.05) is 0 Å². The van der Waals surface area contributed by atoms with E-state index in [0.717, 1.165) is 99.9 Å². The van der Waals surface area contributed by atoms with Crippen LogP contribution in [0.1, 0.15) is 0 Å². The molecule has 4 aromatic heterocycles. The first-order chi connectivity index (χ1) is 32.2. The monoisotopic (exact) mass is 831 g/mol. The number of rotatable bonds is 7. The van der Waals surface area contributed by atoms with E-state index in [9.17, 15) is 0 Å². The molecule has 65 heavy (non-hydrogen) atoms. The summed E-state index contributed by atoms with van der Waals surface area (Å²) in [4.78, 5) is 10.4. The third-order valence-corrected chi connectivity index (χ3v) is 12.6. The standard InChI is InChI=1S/C58H37N7/c1-4-14-39(15-5-1)52-35-53(40-16-6-2-7-17-40)62-58(61-52)44-19-12-22-47(33-44)63-55-29-25-43(42-24-28-54-45(31-42)36-59-64(54)46-20-8-3-9-21-46)34-50(55)49-27-30-56-51(57(49)63)37-60-65(56)48-26-23-38-13-10-11-18-41(38)32-48/h1-37H. The summed E-state index contributed by atoms with van der Waals surface area (Å²) in [6.07, 6.45) is 3.97. The van der Waals surface area contributed by atoms with E-state index in [2.05, 4.69) is 191 Å². The Morgan fingerprint density at radius 1 is 0.308 bits per heavy atom. The highest BCUT2D eigenvalue weighted by Crippen LogP contribution is 2.40. The highest BCUT2D eigenvalue weighted by atomic mass is 15.3. The third-order valence-electron chi connectivity index (χ3n) is 12.6. The Bertz CT molecular complexity index is 3880. The molecule has 0 saturated heterocycles. The molecule has 304 valence electrons. The molecule has 0 atom stereocenters. The summed E-state index contributed by atoms with van der Waals surface area (Å²) in [6.45, 7) is 0. The van der Waals surface area contributed by atoms with Crippen molar-refractivity contribution >= 4 is 54.4 Å². The van der Waals surface area contributed by atoms with E-state index in [1.165, 1.54) is 10.8 Å². The molecule has 0 bridgehead atoms. The van der Waals surface area contributed by atoms with Gasteiger partial charge in [0.1, 0.15) is 0 Å². The van der Waals surface area contributed by atoms with Crippen molar-refractivity contribution in [1.82, 2.24) is 34.1 Å². The van der Waals surface area contributed by atoms with Crippen LogP contribution >= 0.6 is 0 Å². The molecule has 0 spiro atoms. The van der Waals surface area contributed by atoms with Gasteiger partial charge in [-0.2, -0.15) is 10.2 Å². The number of nitrogens with zero attached hydrogens (tertiary/aromatic N) is 7. The summed E-state index contributed by atoms with van der Waals surface area (Å²) in [5, 5.41) is 16.6. The lowest BCUT2D eigenvalue weighted by Crippen LogP contribution is -1.98. The van der Waals surface area contributed by atoms with E-state index in [1.54, 1.807) is 0 Å². The van der Waals surface area contributed by atoms with E-state index in [0.29, 0.717) is 5.82 Å². The average molecular weight is 832 g/mol. The Morgan fingerprint density at radius 3 is 1.69 bits per heavy atom. The van der Waals surface area contributed by atoms with Crippen LogP contribution in [0.4, 0.5) is 0 Å². The van der Waals surface area contributed by atoms with Crippen LogP contribution in [-0.2, 0) is 0 Å². The molecular formula is C58H37N7. The Kier molecular flexibility index (Phi) is 8.39. The lowest BCUT2D eigenvalue weighted by molar-refractivity contribution is 0.911. The molecule has 7 heteroatoms. The molecule has 0 unspecified atom stereocenters. The minimum Gasteiger partial charge on any atom is -0.308 e. The first-order valence-electron chi connectivity index (χ1n) is 21.8. The summed E-state index contributed by atoms with van der Waals surface area (Å²) in [5.74, 6) is 0.662. The summed E-state index contributed by atoms with van der Waals surface area (Å²) < 4.78 is 6.45. The van der Waals surface area contributed by atoms with Gasteiger partial charge in [0.25, 0.3) is 0 Å². The summed E-state index contributed by atoms with van der Waals surface area (Å²) in [6, 6.07) is 74.5. The van der Waals surface area contributed by atoms with Crippen molar-refractivity contribution in [1.29, 1.82) is 0 Å². The maximum absolute atomic E-state index is 5.20. The summed E-state index contributed by atoms with van der Waals surface area (Å²) in [5.41, 5.74) is 14.3. The smallest absolute Gasteiger partial charge is 0.160 e. The Morgan fingerprint density at radius 2 is 0.923 bits per heavy atom. The molecule has 9 aromatic carbocycles. The number of aromatic nitrogens is 7. The highest BCUT2D eigenvalue weighted by Gasteiger charge is 2.20. The van der Waals surface area contributed by atoms with Crippen molar-refractivity contribution in [3.8, 4) is 62.1 Å². The van der Waals surface area contributed by atoms with Crippen LogP contribution in [0.25, 0.3) is 116 Å².